The number of halogens is 1. The zero-order chi connectivity index (χ0) is 13.0. The maximum atomic E-state index is 5.85. The zero-order valence-corrected chi connectivity index (χ0v) is 11.9. The molecule has 0 aliphatic heterocycles. The SMILES string of the molecule is CN(Cc1ccccc1Br)Cc1cccnc1N. The van der Waals surface area contributed by atoms with Crippen LogP contribution in [-0.4, -0.2) is 16.9 Å². The number of nitrogen functional groups attached to an aromatic ring is 1. The van der Waals surface area contributed by atoms with Crippen molar-refractivity contribution in [3.63, 3.8) is 0 Å². The minimum atomic E-state index is 0.608. The van der Waals surface area contributed by atoms with Crippen LogP contribution in [0.3, 0.4) is 0 Å². The molecule has 4 heteroatoms. The maximum Gasteiger partial charge on any atom is 0.127 e. The van der Waals surface area contributed by atoms with Gasteiger partial charge in [-0.1, -0.05) is 40.2 Å². The third-order valence-corrected chi connectivity index (χ3v) is 3.54. The van der Waals surface area contributed by atoms with Gasteiger partial charge in [0.15, 0.2) is 0 Å². The van der Waals surface area contributed by atoms with E-state index >= 15 is 0 Å². The van der Waals surface area contributed by atoms with E-state index in [0.717, 1.165) is 23.1 Å². The van der Waals surface area contributed by atoms with Crippen LogP contribution in [0.2, 0.25) is 0 Å². The quantitative estimate of drug-likeness (QED) is 0.944. The smallest absolute Gasteiger partial charge is 0.127 e. The average Bonchev–Trinajstić information content (AvgIpc) is 2.35. The molecule has 0 saturated carbocycles. The fraction of sp³-hybridized carbons (Fsp3) is 0.214. The highest BCUT2D eigenvalue weighted by atomic mass is 79.9. The molecule has 0 fully saturated rings. The molecule has 0 amide bonds. The molecule has 0 bridgehead atoms. The Morgan fingerprint density at radius 1 is 1.11 bits per heavy atom. The van der Waals surface area contributed by atoms with E-state index < -0.39 is 0 Å². The lowest BCUT2D eigenvalue weighted by Gasteiger charge is -2.18. The van der Waals surface area contributed by atoms with E-state index in [-0.39, 0.29) is 0 Å². The van der Waals surface area contributed by atoms with Gasteiger partial charge in [-0.2, -0.15) is 0 Å². The van der Waals surface area contributed by atoms with Crippen LogP contribution in [0, 0.1) is 0 Å². The topological polar surface area (TPSA) is 42.2 Å². The van der Waals surface area contributed by atoms with E-state index in [4.69, 9.17) is 5.73 Å². The number of nitrogens with zero attached hydrogens (tertiary/aromatic N) is 2. The van der Waals surface area contributed by atoms with Crippen LogP contribution in [0.5, 0.6) is 0 Å². The summed E-state index contributed by atoms with van der Waals surface area (Å²) in [4.78, 5) is 6.31. The summed E-state index contributed by atoms with van der Waals surface area (Å²) in [6.45, 7) is 1.66. The molecule has 0 aliphatic carbocycles. The first kappa shape index (κ1) is 13.1. The van der Waals surface area contributed by atoms with Crippen LogP contribution in [0.15, 0.2) is 47.1 Å². The van der Waals surface area contributed by atoms with E-state index in [1.54, 1.807) is 6.20 Å². The van der Waals surface area contributed by atoms with Crippen molar-refractivity contribution >= 4 is 21.7 Å². The average molecular weight is 306 g/mol. The number of hydrogen-bond acceptors (Lipinski definition) is 3. The Bertz CT molecular complexity index is 480. The highest BCUT2D eigenvalue weighted by Crippen LogP contribution is 2.18. The van der Waals surface area contributed by atoms with E-state index in [9.17, 15) is 0 Å². The van der Waals surface area contributed by atoms with Gasteiger partial charge in [0, 0.05) is 29.3 Å². The van der Waals surface area contributed by atoms with Gasteiger partial charge in [0.25, 0.3) is 0 Å². The van der Waals surface area contributed by atoms with Crippen LogP contribution in [-0.2, 0) is 13.1 Å². The molecule has 1 aromatic heterocycles. The first-order valence-corrected chi connectivity index (χ1v) is 6.57. The molecule has 0 unspecified atom stereocenters. The fourth-order valence-electron chi connectivity index (χ4n) is 1.85. The third kappa shape index (κ3) is 3.31. The number of hydrogen-bond donors (Lipinski definition) is 1. The number of anilines is 1. The zero-order valence-electron chi connectivity index (χ0n) is 10.3. The second-order valence-electron chi connectivity index (χ2n) is 4.31. The standard InChI is InChI=1S/C14H16BrN3/c1-18(9-11-5-2-3-7-13(11)15)10-12-6-4-8-17-14(12)16/h2-8H,9-10H2,1H3,(H2,16,17). The van der Waals surface area contributed by atoms with Crippen molar-refractivity contribution in [1.29, 1.82) is 0 Å². The molecule has 0 atom stereocenters. The monoisotopic (exact) mass is 305 g/mol. The minimum Gasteiger partial charge on any atom is -0.383 e. The number of nitrogens with two attached hydrogens (primary N) is 1. The van der Waals surface area contributed by atoms with Gasteiger partial charge in [-0.15, -0.1) is 0 Å². The largest absolute Gasteiger partial charge is 0.383 e. The Hall–Kier alpha value is -1.39. The first-order chi connectivity index (χ1) is 8.66. The lowest BCUT2D eigenvalue weighted by molar-refractivity contribution is 0.318. The summed E-state index contributed by atoms with van der Waals surface area (Å²) in [6, 6.07) is 12.2. The molecule has 2 rings (SSSR count). The molecule has 2 N–H and O–H groups in total. The van der Waals surface area contributed by atoms with Gasteiger partial charge in [0.2, 0.25) is 0 Å². The Labute approximate surface area is 116 Å². The summed E-state index contributed by atoms with van der Waals surface area (Å²) in [7, 11) is 2.08. The van der Waals surface area contributed by atoms with Crippen LogP contribution in [0.1, 0.15) is 11.1 Å². The molecule has 2 aromatic rings. The summed E-state index contributed by atoms with van der Waals surface area (Å²) >= 11 is 3.56. The molecular weight excluding hydrogens is 290 g/mol. The van der Waals surface area contributed by atoms with Crippen molar-refractivity contribution in [1.82, 2.24) is 9.88 Å². The van der Waals surface area contributed by atoms with Crippen molar-refractivity contribution in [2.45, 2.75) is 13.1 Å². The highest BCUT2D eigenvalue weighted by Gasteiger charge is 2.06. The number of aromatic nitrogens is 1. The lowest BCUT2D eigenvalue weighted by atomic mass is 10.2. The second kappa shape index (κ2) is 5.98. The minimum absolute atomic E-state index is 0.608. The molecule has 94 valence electrons. The Morgan fingerprint density at radius 2 is 1.78 bits per heavy atom. The van der Waals surface area contributed by atoms with E-state index in [1.165, 1.54) is 5.56 Å². The van der Waals surface area contributed by atoms with Gasteiger partial charge in [0.05, 0.1) is 0 Å². The van der Waals surface area contributed by atoms with Gasteiger partial charge < -0.3 is 5.73 Å². The normalized spacial score (nSPS) is 10.8. The van der Waals surface area contributed by atoms with E-state index in [1.807, 2.05) is 24.3 Å². The number of rotatable bonds is 4. The molecule has 0 spiro atoms. The maximum absolute atomic E-state index is 5.85. The fourth-order valence-corrected chi connectivity index (χ4v) is 2.26. The van der Waals surface area contributed by atoms with Crippen molar-refractivity contribution in [3.05, 3.63) is 58.2 Å². The molecule has 1 heterocycles. The Morgan fingerprint density at radius 3 is 2.50 bits per heavy atom. The molecule has 1 aromatic carbocycles. The second-order valence-corrected chi connectivity index (χ2v) is 5.17. The number of benzene rings is 1. The molecule has 0 saturated heterocycles. The molecule has 0 radical (unpaired) electrons. The highest BCUT2D eigenvalue weighted by molar-refractivity contribution is 9.10. The summed E-state index contributed by atoms with van der Waals surface area (Å²) in [5, 5.41) is 0. The predicted molar refractivity (Wildman–Crippen MR) is 78.0 cm³/mol. The molecular formula is C14H16BrN3. The van der Waals surface area contributed by atoms with Gasteiger partial charge in [-0.3, -0.25) is 4.90 Å². The van der Waals surface area contributed by atoms with Crippen molar-refractivity contribution in [3.8, 4) is 0 Å². The Balaban J connectivity index is 2.04. The van der Waals surface area contributed by atoms with Gasteiger partial charge in [-0.25, -0.2) is 4.98 Å². The first-order valence-electron chi connectivity index (χ1n) is 5.78. The molecule has 3 nitrogen and oxygen atoms in total. The van der Waals surface area contributed by atoms with Gasteiger partial charge in [-0.05, 0) is 24.7 Å². The summed E-state index contributed by atoms with van der Waals surface area (Å²) in [5.74, 6) is 0.608. The van der Waals surface area contributed by atoms with Crippen LogP contribution < -0.4 is 5.73 Å². The molecule has 0 aliphatic rings. The third-order valence-electron chi connectivity index (χ3n) is 2.76. The van der Waals surface area contributed by atoms with Gasteiger partial charge in [0.1, 0.15) is 5.82 Å². The van der Waals surface area contributed by atoms with Crippen molar-refractivity contribution < 1.29 is 0 Å². The summed E-state index contributed by atoms with van der Waals surface area (Å²) < 4.78 is 1.14. The van der Waals surface area contributed by atoms with E-state index in [0.29, 0.717) is 5.82 Å². The Kier molecular flexibility index (Phi) is 4.33. The van der Waals surface area contributed by atoms with Crippen molar-refractivity contribution in [2.24, 2.45) is 0 Å². The lowest BCUT2D eigenvalue weighted by Crippen LogP contribution is -2.18. The van der Waals surface area contributed by atoms with Crippen LogP contribution >= 0.6 is 15.9 Å². The van der Waals surface area contributed by atoms with Gasteiger partial charge >= 0.3 is 0 Å². The summed E-state index contributed by atoms with van der Waals surface area (Å²) in [6.07, 6.45) is 1.71. The predicted octanol–water partition coefficient (Wildman–Crippen LogP) is 3.06. The van der Waals surface area contributed by atoms with E-state index in [2.05, 4.69) is 45.0 Å². The number of pyridine rings is 1. The van der Waals surface area contributed by atoms with Crippen LogP contribution in [0.4, 0.5) is 5.82 Å². The van der Waals surface area contributed by atoms with Crippen LogP contribution in [0.25, 0.3) is 0 Å². The van der Waals surface area contributed by atoms with Crippen molar-refractivity contribution in [2.75, 3.05) is 12.8 Å². The molecule has 18 heavy (non-hydrogen) atoms. The summed E-state index contributed by atoms with van der Waals surface area (Å²) in [5.41, 5.74) is 8.17.